The summed E-state index contributed by atoms with van der Waals surface area (Å²) >= 11 is 0. The van der Waals surface area contributed by atoms with Gasteiger partial charge in [0.05, 0.1) is 11.4 Å². The van der Waals surface area contributed by atoms with Crippen LogP contribution in [0.3, 0.4) is 0 Å². The largest absolute Gasteiger partial charge is 0.471 e. The number of amides is 2. The maximum absolute atomic E-state index is 12.5. The van der Waals surface area contributed by atoms with Crippen LogP contribution in [-0.2, 0) is 19.6 Å². The van der Waals surface area contributed by atoms with Gasteiger partial charge in [-0.1, -0.05) is 0 Å². The van der Waals surface area contributed by atoms with E-state index in [1.165, 1.54) is 13.2 Å². The Balaban J connectivity index is 2.05. The van der Waals surface area contributed by atoms with E-state index in [0.29, 0.717) is 0 Å². The van der Waals surface area contributed by atoms with E-state index in [-0.39, 0.29) is 16.4 Å². The number of pyridine rings is 1. The lowest BCUT2D eigenvalue weighted by Gasteiger charge is -2.17. The van der Waals surface area contributed by atoms with Gasteiger partial charge in [-0.15, -0.1) is 0 Å². The molecule has 29 heavy (non-hydrogen) atoms. The van der Waals surface area contributed by atoms with Gasteiger partial charge in [-0.05, 0) is 48.9 Å². The van der Waals surface area contributed by atoms with Crippen molar-refractivity contribution in [1.82, 2.24) is 9.29 Å². The van der Waals surface area contributed by atoms with Crippen molar-refractivity contribution >= 4 is 33.3 Å². The highest BCUT2D eigenvalue weighted by Gasteiger charge is 2.38. The Morgan fingerprint density at radius 3 is 2.28 bits per heavy atom. The van der Waals surface area contributed by atoms with Gasteiger partial charge >= 0.3 is 12.1 Å². The van der Waals surface area contributed by atoms with Crippen LogP contribution >= 0.6 is 0 Å². The number of sulfonamides is 1. The quantitative estimate of drug-likeness (QED) is 0.730. The Morgan fingerprint density at radius 2 is 1.72 bits per heavy atom. The van der Waals surface area contributed by atoms with Crippen LogP contribution < -0.4 is 10.6 Å². The lowest BCUT2D eigenvalue weighted by molar-refractivity contribution is -0.167. The summed E-state index contributed by atoms with van der Waals surface area (Å²) in [5.74, 6) is -2.53. The maximum Gasteiger partial charge on any atom is 0.471 e. The monoisotopic (exact) mass is 430 g/mol. The van der Waals surface area contributed by atoms with Gasteiger partial charge in [-0.2, -0.15) is 17.5 Å². The molecule has 1 aromatic carbocycles. The van der Waals surface area contributed by atoms with E-state index in [2.05, 4.69) is 10.3 Å². The minimum absolute atomic E-state index is 0.225. The highest BCUT2D eigenvalue weighted by molar-refractivity contribution is 7.89. The summed E-state index contributed by atoms with van der Waals surface area (Å²) < 4.78 is 62.6. The highest BCUT2D eigenvalue weighted by atomic mass is 32.2. The first kappa shape index (κ1) is 22.3. The third-order valence-electron chi connectivity index (χ3n) is 3.63. The maximum atomic E-state index is 12.5. The molecule has 0 spiro atoms. The van der Waals surface area contributed by atoms with Crippen molar-refractivity contribution in [2.75, 3.05) is 24.2 Å². The number of hydrogen-bond donors (Lipinski definition) is 2. The molecule has 0 aliphatic rings. The Labute approximate surface area is 164 Å². The van der Waals surface area contributed by atoms with Crippen molar-refractivity contribution in [1.29, 1.82) is 0 Å². The highest BCUT2D eigenvalue weighted by Crippen LogP contribution is 2.21. The van der Waals surface area contributed by atoms with Crippen LogP contribution in [0.4, 0.5) is 24.7 Å². The molecule has 2 aromatic rings. The summed E-state index contributed by atoms with van der Waals surface area (Å²) in [6.07, 6.45) is -3.57. The standard InChI is InChI=1S/C17H17F3N4O4S/c1-11-7-8-21-14(9-11)23-15(25)10-24(2)29(27,28)13-5-3-12(4-6-13)22-16(26)17(18,19)20/h3-9H,10H2,1-2H3,(H,22,26)(H,21,23,25). The molecule has 0 unspecified atom stereocenters. The van der Waals surface area contributed by atoms with E-state index in [9.17, 15) is 31.2 Å². The second-order valence-electron chi connectivity index (χ2n) is 6.00. The Bertz CT molecular complexity index is 1010. The first-order valence-corrected chi connectivity index (χ1v) is 9.50. The molecule has 8 nitrogen and oxygen atoms in total. The normalized spacial score (nSPS) is 11.9. The first-order valence-electron chi connectivity index (χ1n) is 8.06. The summed E-state index contributed by atoms with van der Waals surface area (Å²) in [5.41, 5.74) is 0.631. The number of carbonyl (C=O) groups is 2. The predicted octanol–water partition coefficient (Wildman–Crippen LogP) is 2.15. The molecule has 156 valence electrons. The van der Waals surface area contributed by atoms with Crippen molar-refractivity contribution in [3.63, 3.8) is 0 Å². The molecule has 0 bridgehead atoms. The van der Waals surface area contributed by atoms with Crippen LogP contribution in [0.1, 0.15) is 5.56 Å². The van der Waals surface area contributed by atoms with Gasteiger partial charge in [0, 0.05) is 18.9 Å². The zero-order chi connectivity index (χ0) is 21.8. The molecule has 12 heteroatoms. The number of anilines is 2. The molecule has 1 heterocycles. The van der Waals surface area contributed by atoms with Crippen molar-refractivity contribution in [3.05, 3.63) is 48.2 Å². The number of aromatic nitrogens is 1. The zero-order valence-electron chi connectivity index (χ0n) is 15.3. The van der Waals surface area contributed by atoms with E-state index in [0.717, 1.165) is 34.1 Å². The van der Waals surface area contributed by atoms with Gasteiger partial charge in [-0.3, -0.25) is 9.59 Å². The Morgan fingerprint density at radius 1 is 1.10 bits per heavy atom. The summed E-state index contributed by atoms with van der Waals surface area (Å²) in [7, 11) is -2.91. The third kappa shape index (κ3) is 5.99. The molecular weight excluding hydrogens is 413 g/mol. The third-order valence-corrected chi connectivity index (χ3v) is 5.44. The molecule has 0 aliphatic carbocycles. The summed E-state index contributed by atoms with van der Waals surface area (Å²) in [6, 6.07) is 7.42. The fraction of sp³-hybridized carbons (Fsp3) is 0.235. The van der Waals surface area contributed by atoms with Gasteiger partial charge in [0.1, 0.15) is 5.82 Å². The molecule has 2 rings (SSSR count). The van der Waals surface area contributed by atoms with Gasteiger partial charge in [-0.25, -0.2) is 13.4 Å². The van der Waals surface area contributed by atoms with E-state index in [4.69, 9.17) is 0 Å². The summed E-state index contributed by atoms with van der Waals surface area (Å²) in [5, 5.41) is 4.08. The van der Waals surface area contributed by atoms with Crippen molar-refractivity contribution < 1.29 is 31.2 Å². The number of nitrogens with one attached hydrogen (secondary N) is 2. The first-order chi connectivity index (χ1) is 13.4. The number of halogens is 3. The average molecular weight is 430 g/mol. The Kier molecular flexibility index (Phi) is 6.59. The second-order valence-corrected chi connectivity index (χ2v) is 8.05. The molecule has 0 radical (unpaired) electrons. The minimum atomic E-state index is -5.07. The van der Waals surface area contributed by atoms with Crippen LogP contribution in [0.5, 0.6) is 0 Å². The molecule has 1 aromatic heterocycles. The fourth-order valence-electron chi connectivity index (χ4n) is 2.17. The fourth-order valence-corrected chi connectivity index (χ4v) is 3.29. The molecule has 0 saturated carbocycles. The predicted molar refractivity (Wildman–Crippen MR) is 98.5 cm³/mol. The van der Waals surface area contributed by atoms with E-state index >= 15 is 0 Å². The average Bonchev–Trinajstić information content (AvgIpc) is 2.61. The van der Waals surface area contributed by atoms with Crippen molar-refractivity contribution in [3.8, 4) is 0 Å². The van der Waals surface area contributed by atoms with Crippen molar-refractivity contribution in [2.24, 2.45) is 0 Å². The molecule has 2 amide bonds. The van der Waals surface area contributed by atoms with Gasteiger partial charge in [0.2, 0.25) is 15.9 Å². The van der Waals surface area contributed by atoms with Gasteiger partial charge in [0.15, 0.2) is 0 Å². The molecule has 0 fully saturated rings. The molecule has 0 saturated heterocycles. The lowest BCUT2D eigenvalue weighted by atomic mass is 10.3. The number of likely N-dealkylation sites (N-methyl/N-ethyl adjacent to an activating group) is 1. The molecule has 0 atom stereocenters. The summed E-state index contributed by atoms with van der Waals surface area (Å²) in [4.78, 5) is 26.7. The van der Waals surface area contributed by atoms with E-state index < -0.39 is 34.6 Å². The summed E-state index contributed by atoms with van der Waals surface area (Å²) in [6.45, 7) is 1.29. The van der Waals surface area contributed by atoms with Crippen LogP contribution in [-0.4, -0.2) is 49.3 Å². The van der Waals surface area contributed by atoms with Crippen LogP contribution in [0.2, 0.25) is 0 Å². The Hall–Kier alpha value is -2.99. The lowest BCUT2D eigenvalue weighted by Crippen LogP contribution is -2.35. The van der Waals surface area contributed by atoms with Gasteiger partial charge < -0.3 is 10.6 Å². The smallest absolute Gasteiger partial charge is 0.318 e. The second kappa shape index (κ2) is 8.57. The topological polar surface area (TPSA) is 108 Å². The number of hydrogen-bond acceptors (Lipinski definition) is 5. The number of rotatable bonds is 6. The van der Waals surface area contributed by atoms with E-state index in [1.807, 2.05) is 0 Å². The SMILES string of the molecule is Cc1ccnc(NC(=O)CN(C)S(=O)(=O)c2ccc(NC(=O)C(F)(F)F)cc2)c1. The van der Waals surface area contributed by atoms with Crippen LogP contribution in [0, 0.1) is 6.92 Å². The van der Waals surface area contributed by atoms with Crippen LogP contribution in [0.25, 0.3) is 0 Å². The van der Waals surface area contributed by atoms with Gasteiger partial charge in [0.25, 0.3) is 0 Å². The minimum Gasteiger partial charge on any atom is -0.318 e. The number of nitrogens with zero attached hydrogens (tertiary/aromatic N) is 2. The zero-order valence-corrected chi connectivity index (χ0v) is 16.1. The number of benzene rings is 1. The van der Waals surface area contributed by atoms with Crippen molar-refractivity contribution in [2.45, 2.75) is 18.0 Å². The van der Waals surface area contributed by atoms with Crippen LogP contribution in [0.15, 0.2) is 47.5 Å². The molecule has 2 N–H and O–H groups in total. The number of carbonyl (C=O) groups excluding carboxylic acids is 2. The molecule has 0 aliphatic heterocycles. The number of alkyl halides is 3. The van der Waals surface area contributed by atoms with E-state index in [1.54, 1.807) is 24.4 Å². The molecular formula is C17H17F3N4O4S. The number of aryl methyl sites for hydroxylation is 1.